The van der Waals surface area contributed by atoms with Crippen LogP contribution < -0.4 is 43.0 Å². The highest BCUT2D eigenvalue weighted by atomic mass is 16.2. The van der Waals surface area contributed by atoms with Crippen LogP contribution in [0.2, 0.25) is 0 Å². The summed E-state index contributed by atoms with van der Waals surface area (Å²) in [4.78, 5) is 86.8. The lowest BCUT2D eigenvalue weighted by Gasteiger charge is -2.32. The Labute approximate surface area is 362 Å². The number of carbonyl (C=O) groups is 4. The normalized spacial score (nSPS) is 14.5. The van der Waals surface area contributed by atoms with E-state index < -0.39 is 22.9 Å². The average molecular weight is 859 g/mol. The molecule has 0 aromatic carbocycles. The largest absolute Gasteiger partial charge is 0.397 e. The van der Waals surface area contributed by atoms with Crippen LogP contribution in [-0.4, -0.2) is 93.4 Å². The molecule has 63 heavy (non-hydrogen) atoms. The number of pyridine rings is 2. The number of fused-ring (bicyclic) bond motifs is 2. The van der Waals surface area contributed by atoms with E-state index in [0.717, 1.165) is 0 Å². The van der Waals surface area contributed by atoms with Gasteiger partial charge in [0, 0.05) is 70.1 Å². The number of nitrogens with one attached hydrogen (secondary N) is 2. The van der Waals surface area contributed by atoms with Gasteiger partial charge in [-0.1, -0.05) is 24.3 Å². The van der Waals surface area contributed by atoms with Gasteiger partial charge in [-0.25, -0.2) is 9.97 Å². The van der Waals surface area contributed by atoms with Gasteiger partial charge in [0.2, 0.25) is 11.8 Å². The van der Waals surface area contributed by atoms with Crippen molar-refractivity contribution in [3.63, 3.8) is 0 Å². The second kappa shape index (κ2) is 23.2. The minimum atomic E-state index is -0.603. The van der Waals surface area contributed by atoms with Crippen LogP contribution in [0.1, 0.15) is 43.7 Å². The zero-order chi connectivity index (χ0) is 46.1. The van der Waals surface area contributed by atoms with Crippen LogP contribution in [0.5, 0.6) is 0 Å². The number of aromatic nitrogens is 4. The van der Waals surface area contributed by atoms with Crippen LogP contribution in [-0.2, 0) is 19.2 Å². The highest BCUT2D eigenvalue weighted by Crippen LogP contribution is 2.27. The fourth-order valence-corrected chi connectivity index (χ4v) is 6.77. The highest BCUT2D eigenvalue weighted by Gasteiger charge is 2.28. The van der Waals surface area contributed by atoms with Gasteiger partial charge in [0.05, 0.1) is 11.1 Å². The Morgan fingerprint density at radius 1 is 0.730 bits per heavy atom. The molecule has 4 aromatic heterocycles. The van der Waals surface area contributed by atoms with Crippen molar-refractivity contribution in [1.29, 1.82) is 10.5 Å². The van der Waals surface area contributed by atoms with Gasteiger partial charge in [0.15, 0.2) is 0 Å². The lowest BCUT2D eigenvalue weighted by atomic mass is 9.96. The zero-order valence-corrected chi connectivity index (χ0v) is 34.9. The summed E-state index contributed by atoms with van der Waals surface area (Å²) in [6, 6.07) is 14.0. The van der Waals surface area contributed by atoms with E-state index in [1.165, 1.54) is 33.1 Å². The molecular formula is C44H50N12O7. The minimum absolute atomic E-state index is 0.140. The number of anilines is 2. The smallest absolute Gasteiger partial charge is 0.267 e. The molecule has 6 heterocycles. The van der Waals surface area contributed by atoms with Gasteiger partial charge >= 0.3 is 0 Å². The molecule has 6 rings (SSSR count). The summed E-state index contributed by atoms with van der Waals surface area (Å²) < 4.78 is 2.73. The Morgan fingerprint density at radius 2 is 1.08 bits per heavy atom. The van der Waals surface area contributed by atoms with E-state index in [2.05, 4.69) is 33.8 Å². The molecule has 2 aliphatic rings. The Bertz CT molecular complexity index is 2440. The first-order valence-corrected chi connectivity index (χ1v) is 20.1. The SMILES string of the molecule is C=CCNC(=O)/C(C#N)=C/c1c(N2CCC(C(N)=O)CC2)nc2ccccn2c1=O.C=CCNC(=O)/C(C#N)=C/c1c(N2CCC(C(N)=O)CC2)nc2ccccn2c1=O.CCO. The van der Waals surface area contributed by atoms with Crippen molar-refractivity contribution >= 4 is 58.7 Å². The van der Waals surface area contributed by atoms with Crippen LogP contribution in [0.25, 0.3) is 23.4 Å². The summed E-state index contributed by atoms with van der Waals surface area (Å²) in [6.45, 7) is 11.3. The number of hydrogen-bond donors (Lipinski definition) is 5. The molecule has 0 radical (unpaired) electrons. The maximum Gasteiger partial charge on any atom is 0.267 e. The number of rotatable bonds is 12. The number of nitriles is 2. The second-order valence-electron chi connectivity index (χ2n) is 14.1. The molecule has 0 aliphatic carbocycles. The van der Waals surface area contributed by atoms with E-state index in [9.17, 15) is 39.3 Å². The zero-order valence-electron chi connectivity index (χ0n) is 34.9. The summed E-state index contributed by atoms with van der Waals surface area (Å²) in [5, 5.41) is 31.6. The van der Waals surface area contributed by atoms with Gasteiger partial charge in [0.1, 0.15) is 46.2 Å². The fourth-order valence-electron chi connectivity index (χ4n) is 6.77. The minimum Gasteiger partial charge on any atom is -0.397 e. The van der Waals surface area contributed by atoms with Gasteiger partial charge < -0.3 is 37.0 Å². The summed E-state index contributed by atoms with van der Waals surface area (Å²) in [5.74, 6) is -1.58. The lowest BCUT2D eigenvalue weighted by Crippen LogP contribution is -2.40. The van der Waals surface area contributed by atoms with Gasteiger partial charge in [-0.15, -0.1) is 13.2 Å². The van der Waals surface area contributed by atoms with Crippen molar-refractivity contribution in [2.75, 3.05) is 55.7 Å². The maximum atomic E-state index is 13.2. The van der Waals surface area contributed by atoms with E-state index in [1.807, 2.05) is 21.9 Å². The van der Waals surface area contributed by atoms with E-state index in [-0.39, 0.29) is 65.6 Å². The number of amides is 4. The first kappa shape index (κ1) is 47.8. The van der Waals surface area contributed by atoms with Crippen molar-refractivity contribution in [1.82, 2.24) is 29.4 Å². The molecule has 0 spiro atoms. The van der Waals surface area contributed by atoms with Crippen LogP contribution >= 0.6 is 0 Å². The van der Waals surface area contributed by atoms with Gasteiger partial charge in [-0.2, -0.15) is 10.5 Å². The molecule has 0 saturated carbocycles. The number of nitrogens with two attached hydrogens (primary N) is 2. The molecule has 19 heteroatoms. The predicted octanol–water partition coefficient (Wildman–Crippen LogP) is 1.21. The number of carbonyl (C=O) groups excluding carboxylic acids is 4. The summed E-state index contributed by atoms with van der Waals surface area (Å²) >= 11 is 0. The van der Waals surface area contributed by atoms with Crippen LogP contribution in [0.4, 0.5) is 11.6 Å². The third kappa shape index (κ3) is 12.1. The van der Waals surface area contributed by atoms with Crippen molar-refractivity contribution in [3.8, 4) is 12.1 Å². The van der Waals surface area contributed by atoms with Crippen LogP contribution in [0.15, 0.2) is 94.8 Å². The molecule has 2 saturated heterocycles. The van der Waals surface area contributed by atoms with Crippen molar-refractivity contribution in [2.24, 2.45) is 23.3 Å². The number of aliphatic hydroxyl groups is 1. The summed E-state index contributed by atoms with van der Waals surface area (Å²) in [6.07, 6.45) is 10.8. The molecule has 328 valence electrons. The van der Waals surface area contributed by atoms with Crippen molar-refractivity contribution < 1.29 is 24.3 Å². The van der Waals surface area contributed by atoms with E-state index in [4.69, 9.17) is 16.6 Å². The first-order chi connectivity index (χ1) is 30.3. The molecule has 4 aromatic rings. The third-order valence-corrected chi connectivity index (χ3v) is 10.0. The van der Waals surface area contributed by atoms with E-state index >= 15 is 0 Å². The monoisotopic (exact) mass is 858 g/mol. The molecule has 4 amide bonds. The Morgan fingerprint density at radius 3 is 1.38 bits per heavy atom. The Balaban J connectivity index is 0.000000260. The van der Waals surface area contributed by atoms with Crippen LogP contribution in [0.3, 0.4) is 0 Å². The van der Waals surface area contributed by atoms with Crippen LogP contribution in [0, 0.1) is 34.5 Å². The molecule has 7 N–H and O–H groups in total. The standard InChI is InChI=1S/2C21H22N6O3.C2H6O/c2*1-2-8-24-20(29)15(13-22)12-16-19(26-10-6-14(7-11-26)18(23)28)25-17-5-3-4-9-27(17)21(16)30;1-2-3/h2*2-5,9,12,14H,1,6-8,10-11H2,(H2,23,28)(H,24,29);3H,2H2,1H3/b2*15-12+;. The molecule has 2 fully saturated rings. The fraction of sp³-hybridized carbons (Fsp3) is 0.318. The van der Waals surface area contributed by atoms with E-state index in [1.54, 1.807) is 55.7 Å². The molecule has 19 nitrogen and oxygen atoms in total. The molecule has 2 aliphatic heterocycles. The number of aliphatic hydroxyl groups excluding tert-OH is 1. The van der Waals surface area contributed by atoms with Gasteiger partial charge in [-0.05, 0) is 69.0 Å². The number of piperidine rings is 2. The second-order valence-corrected chi connectivity index (χ2v) is 14.1. The third-order valence-electron chi connectivity index (χ3n) is 10.0. The number of primary amides is 2. The topological polar surface area (TPSA) is 287 Å². The predicted molar refractivity (Wildman–Crippen MR) is 238 cm³/mol. The maximum absolute atomic E-state index is 13.2. The molecule has 0 unspecified atom stereocenters. The quantitative estimate of drug-likeness (QED) is 0.0762. The Hall–Kier alpha value is -7.90. The van der Waals surface area contributed by atoms with Gasteiger partial charge in [-0.3, -0.25) is 37.6 Å². The Kier molecular flexibility index (Phi) is 17.6. The molecular weight excluding hydrogens is 809 g/mol. The van der Waals surface area contributed by atoms with Gasteiger partial charge in [0.25, 0.3) is 22.9 Å². The van der Waals surface area contributed by atoms with Crippen molar-refractivity contribution in [2.45, 2.75) is 32.6 Å². The van der Waals surface area contributed by atoms with E-state index in [0.29, 0.717) is 74.8 Å². The molecule has 0 atom stereocenters. The number of nitrogens with zero attached hydrogens (tertiary/aromatic N) is 8. The summed E-state index contributed by atoms with van der Waals surface area (Å²) in [7, 11) is 0. The number of hydrogen-bond acceptors (Lipinski definition) is 13. The van der Waals surface area contributed by atoms with Crippen molar-refractivity contribution in [3.05, 3.63) is 117 Å². The first-order valence-electron chi connectivity index (χ1n) is 20.1. The summed E-state index contributed by atoms with van der Waals surface area (Å²) in [5.41, 5.74) is 10.8. The molecule has 0 bridgehead atoms. The average Bonchev–Trinajstić information content (AvgIpc) is 3.29. The lowest BCUT2D eigenvalue weighted by molar-refractivity contribution is -0.123. The highest BCUT2D eigenvalue weighted by molar-refractivity contribution is 6.03.